The molecule has 5 rings (SSSR count). The van der Waals surface area contributed by atoms with Gasteiger partial charge in [-0.05, 0) is 49.5 Å². The molecule has 2 aliphatic rings. The van der Waals surface area contributed by atoms with Gasteiger partial charge in [0.25, 0.3) is 5.91 Å². The molecule has 0 radical (unpaired) electrons. The Labute approximate surface area is 189 Å². The third-order valence-electron chi connectivity index (χ3n) is 6.97. The predicted molar refractivity (Wildman–Crippen MR) is 127 cm³/mol. The SMILES string of the molecule is COCCN1C(=O)C2=C(CCCC2)C1c1c(-c2cccc(OC)c2)n(C)c2ccccc12. The average Bonchev–Trinajstić information content (AvgIpc) is 3.28. The first kappa shape index (κ1) is 20.8. The summed E-state index contributed by atoms with van der Waals surface area (Å²) in [5.74, 6) is 1.02. The first-order valence-corrected chi connectivity index (χ1v) is 11.4. The van der Waals surface area contributed by atoms with Crippen LogP contribution in [-0.2, 0) is 16.6 Å². The van der Waals surface area contributed by atoms with E-state index in [0.29, 0.717) is 13.2 Å². The van der Waals surface area contributed by atoms with Crippen molar-refractivity contribution in [1.29, 1.82) is 0 Å². The van der Waals surface area contributed by atoms with Gasteiger partial charge >= 0.3 is 0 Å². The smallest absolute Gasteiger partial charge is 0.250 e. The van der Waals surface area contributed by atoms with Gasteiger partial charge in [0.1, 0.15) is 5.75 Å². The minimum Gasteiger partial charge on any atom is -0.497 e. The zero-order chi connectivity index (χ0) is 22.2. The predicted octanol–water partition coefficient (Wildman–Crippen LogP) is 5.25. The highest BCUT2D eigenvalue weighted by molar-refractivity contribution is 6.01. The second-order valence-corrected chi connectivity index (χ2v) is 8.68. The van der Waals surface area contributed by atoms with E-state index in [1.165, 1.54) is 22.0 Å². The molecule has 2 aromatic carbocycles. The van der Waals surface area contributed by atoms with Crippen molar-refractivity contribution in [1.82, 2.24) is 9.47 Å². The molecule has 1 atom stereocenters. The van der Waals surface area contributed by atoms with Crippen LogP contribution in [0.15, 0.2) is 59.7 Å². The topological polar surface area (TPSA) is 43.7 Å². The third kappa shape index (κ3) is 3.23. The molecule has 1 aliphatic heterocycles. The maximum Gasteiger partial charge on any atom is 0.250 e. The highest BCUT2D eigenvalue weighted by atomic mass is 16.5. The number of benzene rings is 2. The molecule has 3 aromatic rings. The van der Waals surface area contributed by atoms with Crippen LogP contribution >= 0.6 is 0 Å². The lowest BCUT2D eigenvalue weighted by molar-refractivity contribution is -0.127. The van der Waals surface area contributed by atoms with Gasteiger partial charge in [-0.1, -0.05) is 30.3 Å². The quantitative estimate of drug-likeness (QED) is 0.536. The number of aromatic nitrogens is 1. The lowest BCUT2D eigenvalue weighted by Gasteiger charge is -2.29. The van der Waals surface area contributed by atoms with Gasteiger partial charge in [0.2, 0.25) is 0 Å². The van der Waals surface area contributed by atoms with Gasteiger partial charge in [0.05, 0.1) is 25.5 Å². The van der Waals surface area contributed by atoms with Gasteiger partial charge in [-0.15, -0.1) is 0 Å². The van der Waals surface area contributed by atoms with E-state index in [-0.39, 0.29) is 11.9 Å². The van der Waals surface area contributed by atoms with E-state index < -0.39 is 0 Å². The standard InChI is InChI=1S/C27H30N2O3/c1-28-23-14-7-6-13-22(23)24(25(28)18-9-8-10-19(17-18)32-3)26-20-11-4-5-12-21(20)27(30)29(26)15-16-31-2/h6-10,13-14,17,26H,4-5,11-12,15-16H2,1-3H3. The first-order chi connectivity index (χ1) is 15.7. The molecule has 0 N–H and O–H groups in total. The van der Waals surface area contributed by atoms with Gasteiger partial charge in [0, 0.05) is 48.3 Å². The number of amides is 1. The van der Waals surface area contributed by atoms with Crippen molar-refractivity contribution < 1.29 is 14.3 Å². The summed E-state index contributed by atoms with van der Waals surface area (Å²) in [7, 11) is 5.51. The number of hydrogen-bond donors (Lipinski definition) is 0. The summed E-state index contributed by atoms with van der Waals surface area (Å²) in [5, 5.41) is 1.20. The highest BCUT2D eigenvalue weighted by Crippen LogP contribution is 2.49. The number of methoxy groups -OCH3 is 2. The zero-order valence-corrected chi connectivity index (χ0v) is 19.1. The van der Waals surface area contributed by atoms with Gasteiger partial charge < -0.3 is 18.9 Å². The zero-order valence-electron chi connectivity index (χ0n) is 19.1. The van der Waals surface area contributed by atoms with Crippen LogP contribution in [0.2, 0.25) is 0 Å². The van der Waals surface area contributed by atoms with Gasteiger partial charge in [-0.3, -0.25) is 4.79 Å². The Bertz CT molecular complexity index is 1210. The van der Waals surface area contributed by atoms with Crippen molar-refractivity contribution in [2.45, 2.75) is 31.7 Å². The number of aryl methyl sites for hydroxylation is 1. The molecule has 1 aromatic heterocycles. The van der Waals surface area contributed by atoms with Crippen molar-refractivity contribution in [2.75, 3.05) is 27.4 Å². The van der Waals surface area contributed by atoms with Crippen molar-refractivity contribution in [2.24, 2.45) is 7.05 Å². The maximum atomic E-state index is 13.5. The maximum absolute atomic E-state index is 13.5. The van der Waals surface area contributed by atoms with E-state index in [0.717, 1.165) is 48.3 Å². The number of ether oxygens (including phenoxy) is 2. The second kappa shape index (κ2) is 8.47. The van der Waals surface area contributed by atoms with Crippen molar-refractivity contribution in [3.63, 3.8) is 0 Å². The molecule has 1 amide bonds. The summed E-state index contributed by atoms with van der Waals surface area (Å²) in [5.41, 5.74) is 6.96. The lowest BCUT2D eigenvalue weighted by Crippen LogP contribution is -2.33. The molecule has 5 nitrogen and oxygen atoms in total. The van der Waals surface area contributed by atoms with Crippen LogP contribution in [0.1, 0.15) is 37.3 Å². The van der Waals surface area contributed by atoms with Crippen molar-refractivity contribution in [3.8, 4) is 17.0 Å². The van der Waals surface area contributed by atoms with Crippen LogP contribution in [0.4, 0.5) is 0 Å². The Morgan fingerprint density at radius 3 is 2.66 bits per heavy atom. The Balaban J connectivity index is 1.78. The number of para-hydroxylation sites is 1. The number of carbonyl (C=O) groups is 1. The molecule has 0 spiro atoms. The average molecular weight is 431 g/mol. The van der Waals surface area contributed by atoms with Gasteiger partial charge in [0.15, 0.2) is 0 Å². The second-order valence-electron chi connectivity index (χ2n) is 8.68. The summed E-state index contributed by atoms with van der Waals surface area (Å²) >= 11 is 0. The highest BCUT2D eigenvalue weighted by Gasteiger charge is 2.42. The summed E-state index contributed by atoms with van der Waals surface area (Å²) in [6.07, 6.45) is 4.09. The lowest BCUT2D eigenvalue weighted by atomic mass is 9.86. The van der Waals surface area contributed by atoms with Gasteiger partial charge in [-0.25, -0.2) is 0 Å². The Morgan fingerprint density at radius 2 is 1.84 bits per heavy atom. The molecule has 0 saturated carbocycles. The first-order valence-electron chi connectivity index (χ1n) is 11.4. The van der Waals surface area contributed by atoms with Crippen LogP contribution in [-0.4, -0.2) is 42.7 Å². The number of fused-ring (bicyclic) bond motifs is 1. The van der Waals surface area contributed by atoms with E-state index in [1.807, 2.05) is 17.0 Å². The summed E-state index contributed by atoms with van der Waals surface area (Å²) in [6, 6.07) is 16.7. The molecule has 0 saturated heterocycles. The van der Waals surface area contributed by atoms with Crippen LogP contribution in [0.3, 0.4) is 0 Å². The molecular formula is C27H30N2O3. The number of carbonyl (C=O) groups excluding carboxylic acids is 1. The molecule has 5 heteroatoms. The van der Waals surface area contributed by atoms with E-state index in [4.69, 9.17) is 9.47 Å². The normalized spacial score (nSPS) is 18.5. The largest absolute Gasteiger partial charge is 0.497 e. The Kier molecular flexibility index (Phi) is 5.51. The fourth-order valence-electron chi connectivity index (χ4n) is 5.52. The van der Waals surface area contributed by atoms with Crippen LogP contribution < -0.4 is 4.74 Å². The number of nitrogens with zero attached hydrogens (tertiary/aromatic N) is 2. The van der Waals surface area contributed by atoms with Crippen molar-refractivity contribution >= 4 is 16.8 Å². The Hall–Kier alpha value is -3.05. The molecule has 166 valence electrons. The van der Waals surface area contributed by atoms with Gasteiger partial charge in [-0.2, -0.15) is 0 Å². The molecule has 2 heterocycles. The third-order valence-corrected chi connectivity index (χ3v) is 6.97. The summed E-state index contributed by atoms with van der Waals surface area (Å²) in [4.78, 5) is 15.6. The molecule has 1 unspecified atom stereocenters. The van der Waals surface area contributed by atoms with E-state index in [1.54, 1.807) is 14.2 Å². The minimum atomic E-state index is -0.0553. The molecular weight excluding hydrogens is 400 g/mol. The van der Waals surface area contributed by atoms with Crippen LogP contribution in [0.5, 0.6) is 5.75 Å². The fourth-order valence-corrected chi connectivity index (χ4v) is 5.52. The van der Waals surface area contributed by atoms with E-state index in [9.17, 15) is 4.79 Å². The monoisotopic (exact) mass is 430 g/mol. The Morgan fingerprint density at radius 1 is 1.03 bits per heavy atom. The van der Waals surface area contributed by atoms with Crippen LogP contribution in [0.25, 0.3) is 22.2 Å². The minimum absolute atomic E-state index is 0.0553. The van der Waals surface area contributed by atoms with E-state index >= 15 is 0 Å². The number of hydrogen-bond acceptors (Lipinski definition) is 3. The van der Waals surface area contributed by atoms with E-state index in [2.05, 4.69) is 48.0 Å². The molecule has 1 aliphatic carbocycles. The molecule has 0 bridgehead atoms. The molecule has 0 fully saturated rings. The fraction of sp³-hybridized carbons (Fsp3) is 0.370. The number of rotatable bonds is 6. The summed E-state index contributed by atoms with van der Waals surface area (Å²) < 4.78 is 13.2. The van der Waals surface area contributed by atoms with Crippen LogP contribution in [0, 0.1) is 0 Å². The summed E-state index contributed by atoms with van der Waals surface area (Å²) in [6.45, 7) is 1.12. The van der Waals surface area contributed by atoms with Crippen molar-refractivity contribution in [3.05, 3.63) is 65.2 Å². The molecule has 32 heavy (non-hydrogen) atoms.